The van der Waals surface area contributed by atoms with E-state index in [4.69, 9.17) is 0 Å². The van der Waals surface area contributed by atoms with Crippen molar-refractivity contribution in [1.82, 2.24) is 10.3 Å². The zero-order valence-corrected chi connectivity index (χ0v) is 13.5. The van der Waals surface area contributed by atoms with Gasteiger partial charge < -0.3 is 10.6 Å². The first-order valence-electron chi connectivity index (χ1n) is 7.34. The van der Waals surface area contributed by atoms with Gasteiger partial charge in [0.2, 0.25) is 0 Å². The van der Waals surface area contributed by atoms with E-state index in [0.29, 0.717) is 22.7 Å². The molecule has 0 aliphatic heterocycles. The van der Waals surface area contributed by atoms with Gasteiger partial charge in [0, 0.05) is 30.2 Å². The van der Waals surface area contributed by atoms with E-state index >= 15 is 0 Å². The maximum Gasteiger partial charge on any atom is 0.265 e. The molecular formula is C18H15N3O2S. The summed E-state index contributed by atoms with van der Waals surface area (Å²) in [7, 11) is 0. The van der Waals surface area contributed by atoms with Crippen molar-refractivity contribution in [3.8, 4) is 0 Å². The second-order valence-electron chi connectivity index (χ2n) is 5.05. The highest BCUT2D eigenvalue weighted by molar-refractivity contribution is 7.12. The number of aromatic nitrogens is 1. The molecule has 3 rings (SSSR count). The van der Waals surface area contributed by atoms with E-state index in [2.05, 4.69) is 15.6 Å². The first-order chi connectivity index (χ1) is 11.7. The third kappa shape index (κ3) is 4.05. The first kappa shape index (κ1) is 15.9. The largest absolute Gasteiger partial charge is 0.348 e. The van der Waals surface area contributed by atoms with Gasteiger partial charge in [-0.25, -0.2) is 0 Å². The molecule has 3 aromatic rings. The Balaban J connectivity index is 1.57. The quantitative estimate of drug-likeness (QED) is 0.750. The van der Waals surface area contributed by atoms with E-state index in [1.165, 1.54) is 11.3 Å². The third-order valence-corrected chi connectivity index (χ3v) is 4.22. The van der Waals surface area contributed by atoms with Crippen molar-refractivity contribution in [2.24, 2.45) is 0 Å². The molecule has 24 heavy (non-hydrogen) atoms. The predicted octanol–water partition coefficient (Wildman–Crippen LogP) is 3.33. The lowest BCUT2D eigenvalue weighted by Gasteiger charge is -2.07. The lowest BCUT2D eigenvalue weighted by molar-refractivity contribution is 0.0950. The maximum absolute atomic E-state index is 12.1. The molecule has 0 fully saturated rings. The molecule has 5 nitrogen and oxygen atoms in total. The van der Waals surface area contributed by atoms with E-state index in [1.807, 2.05) is 23.6 Å². The van der Waals surface area contributed by atoms with E-state index in [1.54, 1.807) is 42.7 Å². The molecule has 0 aliphatic rings. The number of carbonyl (C=O) groups excluding carboxylic acids is 2. The molecule has 0 bridgehead atoms. The first-order valence-corrected chi connectivity index (χ1v) is 8.22. The van der Waals surface area contributed by atoms with Crippen molar-refractivity contribution in [2.75, 3.05) is 5.32 Å². The number of benzene rings is 1. The van der Waals surface area contributed by atoms with Crippen LogP contribution in [-0.4, -0.2) is 16.8 Å². The summed E-state index contributed by atoms with van der Waals surface area (Å²) in [6.07, 6.45) is 3.37. The van der Waals surface area contributed by atoms with Crippen LogP contribution in [0.5, 0.6) is 0 Å². The minimum atomic E-state index is -0.164. The standard InChI is InChI=1S/C18H15N3O2S/c22-17(20-12-13-7-9-19-10-8-13)14-3-5-15(6-4-14)21-18(23)16-2-1-11-24-16/h1-11H,12H2,(H,20,22)(H,21,23). The predicted molar refractivity (Wildman–Crippen MR) is 94.1 cm³/mol. The van der Waals surface area contributed by atoms with Crippen molar-refractivity contribution in [2.45, 2.75) is 6.54 Å². The zero-order chi connectivity index (χ0) is 16.8. The van der Waals surface area contributed by atoms with Gasteiger partial charge in [0.1, 0.15) is 0 Å². The molecule has 2 aromatic heterocycles. The Labute approximate surface area is 143 Å². The Morgan fingerprint density at radius 1 is 0.958 bits per heavy atom. The molecule has 120 valence electrons. The molecule has 2 N–H and O–H groups in total. The summed E-state index contributed by atoms with van der Waals surface area (Å²) >= 11 is 1.38. The van der Waals surface area contributed by atoms with Crippen LogP contribution in [0.2, 0.25) is 0 Å². The molecule has 0 atom stereocenters. The minimum Gasteiger partial charge on any atom is -0.348 e. The summed E-state index contributed by atoms with van der Waals surface area (Å²) in [6, 6.07) is 14.1. The van der Waals surface area contributed by atoms with Crippen LogP contribution in [0, 0.1) is 0 Å². The highest BCUT2D eigenvalue weighted by Crippen LogP contribution is 2.14. The molecule has 0 spiro atoms. The number of rotatable bonds is 5. The molecule has 0 saturated carbocycles. The van der Waals surface area contributed by atoms with Gasteiger partial charge in [-0.15, -0.1) is 11.3 Å². The van der Waals surface area contributed by atoms with Gasteiger partial charge >= 0.3 is 0 Å². The average molecular weight is 337 g/mol. The topological polar surface area (TPSA) is 71.1 Å². The summed E-state index contributed by atoms with van der Waals surface area (Å²) in [5.41, 5.74) is 2.18. The fourth-order valence-electron chi connectivity index (χ4n) is 2.09. The van der Waals surface area contributed by atoms with Crippen molar-refractivity contribution < 1.29 is 9.59 Å². The lowest BCUT2D eigenvalue weighted by Crippen LogP contribution is -2.22. The molecule has 6 heteroatoms. The van der Waals surface area contributed by atoms with Crippen LogP contribution in [0.25, 0.3) is 0 Å². The number of thiophene rings is 1. The van der Waals surface area contributed by atoms with Crippen LogP contribution in [0.3, 0.4) is 0 Å². The van der Waals surface area contributed by atoms with Crippen LogP contribution in [0.1, 0.15) is 25.6 Å². The fraction of sp³-hybridized carbons (Fsp3) is 0.0556. The molecular weight excluding hydrogens is 322 g/mol. The van der Waals surface area contributed by atoms with Gasteiger partial charge in [0.25, 0.3) is 11.8 Å². The van der Waals surface area contributed by atoms with Crippen molar-refractivity contribution in [3.05, 3.63) is 82.3 Å². The monoisotopic (exact) mass is 337 g/mol. The van der Waals surface area contributed by atoms with Crippen LogP contribution in [0.15, 0.2) is 66.3 Å². The highest BCUT2D eigenvalue weighted by atomic mass is 32.1. The lowest BCUT2D eigenvalue weighted by atomic mass is 10.2. The third-order valence-electron chi connectivity index (χ3n) is 3.35. The Hall–Kier alpha value is -2.99. The fourth-order valence-corrected chi connectivity index (χ4v) is 2.71. The Morgan fingerprint density at radius 3 is 2.38 bits per heavy atom. The number of nitrogens with one attached hydrogen (secondary N) is 2. The van der Waals surface area contributed by atoms with Gasteiger partial charge in [-0.2, -0.15) is 0 Å². The SMILES string of the molecule is O=C(NCc1ccncc1)c1ccc(NC(=O)c2cccs2)cc1. The van der Waals surface area contributed by atoms with Crippen LogP contribution in [0.4, 0.5) is 5.69 Å². The van der Waals surface area contributed by atoms with Gasteiger partial charge in [-0.05, 0) is 53.4 Å². The summed E-state index contributed by atoms with van der Waals surface area (Å²) < 4.78 is 0. The summed E-state index contributed by atoms with van der Waals surface area (Å²) in [6.45, 7) is 0.443. The minimum absolute atomic E-state index is 0.153. The highest BCUT2D eigenvalue weighted by Gasteiger charge is 2.08. The molecule has 2 heterocycles. The molecule has 0 saturated heterocycles. The number of hydrogen-bond donors (Lipinski definition) is 2. The Kier molecular flexibility index (Phi) is 4.98. The van der Waals surface area contributed by atoms with Gasteiger partial charge in [-0.1, -0.05) is 6.07 Å². The summed E-state index contributed by atoms with van der Waals surface area (Å²) in [5, 5.41) is 7.50. The normalized spacial score (nSPS) is 10.2. The number of amides is 2. The molecule has 0 radical (unpaired) electrons. The van der Waals surface area contributed by atoms with E-state index in [9.17, 15) is 9.59 Å². The van der Waals surface area contributed by atoms with Crippen LogP contribution >= 0.6 is 11.3 Å². The van der Waals surface area contributed by atoms with Crippen LogP contribution < -0.4 is 10.6 Å². The summed E-state index contributed by atoms with van der Waals surface area (Å²) in [4.78, 5) is 28.7. The number of pyridine rings is 1. The molecule has 2 amide bonds. The second-order valence-corrected chi connectivity index (χ2v) is 5.99. The maximum atomic E-state index is 12.1. The van der Waals surface area contributed by atoms with Gasteiger partial charge in [-0.3, -0.25) is 14.6 Å². The number of hydrogen-bond acceptors (Lipinski definition) is 4. The van der Waals surface area contributed by atoms with E-state index in [0.717, 1.165) is 5.56 Å². The zero-order valence-electron chi connectivity index (χ0n) is 12.7. The number of nitrogens with zero attached hydrogens (tertiary/aromatic N) is 1. The van der Waals surface area contributed by atoms with E-state index in [-0.39, 0.29) is 11.8 Å². The van der Waals surface area contributed by atoms with E-state index < -0.39 is 0 Å². The van der Waals surface area contributed by atoms with Crippen LogP contribution in [-0.2, 0) is 6.54 Å². The van der Waals surface area contributed by atoms with Gasteiger partial charge in [0.15, 0.2) is 0 Å². The number of carbonyl (C=O) groups is 2. The average Bonchev–Trinajstić information content (AvgIpc) is 3.16. The smallest absolute Gasteiger partial charge is 0.265 e. The second kappa shape index (κ2) is 7.52. The van der Waals surface area contributed by atoms with Crippen molar-refractivity contribution in [3.63, 3.8) is 0 Å². The van der Waals surface area contributed by atoms with Crippen molar-refractivity contribution >= 4 is 28.8 Å². The molecule has 0 unspecified atom stereocenters. The molecule has 0 aliphatic carbocycles. The Morgan fingerprint density at radius 2 is 1.71 bits per heavy atom. The summed E-state index contributed by atoms with van der Waals surface area (Å²) in [5.74, 6) is -0.317. The molecule has 1 aromatic carbocycles. The Bertz CT molecular complexity index is 815. The number of anilines is 1. The van der Waals surface area contributed by atoms with Crippen molar-refractivity contribution in [1.29, 1.82) is 0 Å². The van der Waals surface area contributed by atoms with Gasteiger partial charge in [0.05, 0.1) is 4.88 Å².